The van der Waals surface area contributed by atoms with Crippen LogP contribution in [0.15, 0.2) is 89.8 Å². The first-order chi connectivity index (χ1) is 18.6. The van der Waals surface area contributed by atoms with Gasteiger partial charge < -0.3 is 10.2 Å². The molecule has 0 spiro atoms. The minimum atomic E-state index is -3.68. The summed E-state index contributed by atoms with van der Waals surface area (Å²) in [5.74, 6) is -0.963. The molecule has 0 saturated carbocycles. The van der Waals surface area contributed by atoms with Crippen molar-refractivity contribution in [2.75, 3.05) is 13.6 Å². The molecular formula is C30H36FN3O4S. The first-order valence-corrected chi connectivity index (χ1v) is 14.4. The van der Waals surface area contributed by atoms with Gasteiger partial charge in [-0.1, -0.05) is 60.7 Å². The van der Waals surface area contributed by atoms with E-state index in [0.717, 1.165) is 5.56 Å². The van der Waals surface area contributed by atoms with Gasteiger partial charge in [-0.25, -0.2) is 17.1 Å². The maximum absolute atomic E-state index is 13.6. The van der Waals surface area contributed by atoms with Crippen LogP contribution in [0.25, 0.3) is 0 Å². The summed E-state index contributed by atoms with van der Waals surface area (Å²) in [6.45, 7) is 3.95. The Morgan fingerprint density at radius 2 is 1.46 bits per heavy atom. The molecule has 0 fully saturated rings. The second-order valence-corrected chi connectivity index (χ2v) is 11.8. The summed E-state index contributed by atoms with van der Waals surface area (Å²) in [5, 5.41) is 2.93. The van der Waals surface area contributed by atoms with Crippen molar-refractivity contribution < 1.29 is 22.4 Å². The molecular weight excluding hydrogens is 517 g/mol. The molecule has 3 aromatic carbocycles. The number of halogens is 1. The van der Waals surface area contributed by atoms with E-state index in [2.05, 4.69) is 5.32 Å². The molecule has 3 aromatic rings. The maximum Gasteiger partial charge on any atom is 0.243 e. The second kappa shape index (κ2) is 14.0. The fraction of sp³-hybridized carbons (Fsp3) is 0.333. The van der Waals surface area contributed by atoms with E-state index in [0.29, 0.717) is 12.0 Å². The molecule has 0 heterocycles. The molecule has 7 nitrogen and oxygen atoms in total. The van der Waals surface area contributed by atoms with Crippen LogP contribution in [-0.4, -0.2) is 55.1 Å². The molecule has 3 rings (SSSR count). The van der Waals surface area contributed by atoms with Crippen LogP contribution >= 0.6 is 0 Å². The Labute approximate surface area is 230 Å². The monoisotopic (exact) mass is 553 g/mol. The number of rotatable bonds is 13. The van der Waals surface area contributed by atoms with Crippen molar-refractivity contribution in [3.8, 4) is 0 Å². The zero-order chi connectivity index (χ0) is 28.4. The van der Waals surface area contributed by atoms with Gasteiger partial charge in [0.15, 0.2) is 0 Å². The molecule has 0 aliphatic rings. The minimum Gasteiger partial charge on any atom is -0.352 e. The quantitative estimate of drug-likeness (QED) is 0.340. The van der Waals surface area contributed by atoms with E-state index in [4.69, 9.17) is 0 Å². The van der Waals surface area contributed by atoms with Crippen molar-refractivity contribution in [1.82, 2.24) is 14.5 Å². The number of carbonyl (C=O) groups is 2. The van der Waals surface area contributed by atoms with Crippen LogP contribution in [-0.2, 0) is 32.6 Å². The van der Waals surface area contributed by atoms with Crippen molar-refractivity contribution in [3.05, 3.63) is 102 Å². The second-order valence-electron chi connectivity index (χ2n) is 9.76. The van der Waals surface area contributed by atoms with Gasteiger partial charge in [-0.15, -0.1) is 0 Å². The molecule has 0 aliphatic heterocycles. The Kier molecular flexibility index (Phi) is 10.8. The third-order valence-corrected chi connectivity index (χ3v) is 8.15. The molecule has 0 aliphatic carbocycles. The van der Waals surface area contributed by atoms with Gasteiger partial charge in [-0.05, 0) is 55.7 Å². The van der Waals surface area contributed by atoms with Crippen LogP contribution in [0.5, 0.6) is 0 Å². The highest BCUT2D eigenvalue weighted by atomic mass is 32.2. The summed E-state index contributed by atoms with van der Waals surface area (Å²) in [7, 11) is -2.20. The summed E-state index contributed by atoms with van der Waals surface area (Å²) in [5.41, 5.74) is 1.58. The molecule has 0 saturated heterocycles. The number of carbonyl (C=O) groups excluding carboxylic acids is 2. The van der Waals surface area contributed by atoms with E-state index in [-0.39, 0.29) is 48.7 Å². The van der Waals surface area contributed by atoms with Crippen LogP contribution < -0.4 is 5.32 Å². The number of nitrogens with zero attached hydrogens (tertiary/aromatic N) is 2. The topological polar surface area (TPSA) is 86.8 Å². The SMILES string of the molecule is CC(C)NC(=O)[C@@H](Cc1ccccc1)N(Cc1ccc(F)cc1)C(=O)CCCN(C)S(=O)(=O)c1ccccc1. The number of hydrogen-bond donors (Lipinski definition) is 1. The van der Waals surface area contributed by atoms with Crippen molar-refractivity contribution in [3.63, 3.8) is 0 Å². The van der Waals surface area contributed by atoms with Gasteiger partial charge in [0.25, 0.3) is 0 Å². The number of amides is 2. The normalized spacial score (nSPS) is 12.4. The van der Waals surface area contributed by atoms with Crippen LogP contribution in [0.1, 0.15) is 37.8 Å². The Balaban J connectivity index is 1.81. The molecule has 2 amide bonds. The van der Waals surface area contributed by atoms with E-state index in [9.17, 15) is 22.4 Å². The standard InChI is InChI=1S/C30H36FN3O4S/c1-23(2)32-30(36)28(21-24-11-6-4-7-12-24)34(22-25-16-18-26(31)19-17-25)29(35)15-10-20-33(3)39(37,38)27-13-8-5-9-14-27/h4-9,11-14,16-19,23,28H,10,15,20-22H2,1-3H3,(H,32,36)/t28-/m1/s1. The lowest BCUT2D eigenvalue weighted by Gasteiger charge is -2.32. The lowest BCUT2D eigenvalue weighted by atomic mass is 10.0. The van der Waals surface area contributed by atoms with E-state index < -0.39 is 21.9 Å². The predicted octanol–water partition coefficient (Wildman–Crippen LogP) is 4.39. The number of benzene rings is 3. The summed E-state index contributed by atoms with van der Waals surface area (Å²) in [4.78, 5) is 28.7. The number of nitrogens with one attached hydrogen (secondary N) is 1. The largest absolute Gasteiger partial charge is 0.352 e. The van der Waals surface area contributed by atoms with Crippen molar-refractivity contribution in [1.29, 1.82) is 0 Å². The maximum atomic E-state index is 13.6. The Morgan fingerprint density at radius 1 is 0.872 bits per heavy atom. The Bertz CT molecular complexity index is 1320. The zero-order valence-electron chi connectivity index (χ0n) is 22.6. The third-order valence-electron chi connectivity index (χ3n) is 6.28. The molecule has 208 valence electrons. The van der Waals surface area contributed by atoms with Crippen LogP contribution in [0.4, 0.5) is 4.39 Å². The summed E-state index contributed by atoms with van der Waals surface area (Å²) >= 11 is 0. The van der Waals surface area contributed by atoms with Gasteiger partial charge in [0.1, 0.15) is 11.9 Å². The van der Waals surface area contributed by atoms with Crippen molar-refractivity contribution in [2.24, 2.45) is 0 Å². The average molecular weight is 554 g/mol. The lowest BCUT2D eigenvalue weighted by molar-refractivity contribution is -0.141. The van der Waals surface area contributed by atoms with E-state index in [1.807, 2.05) is 44.2 Å². The van der Waals surface area contributed by atoms with Crippen molar-refractivity contribution >= 4 is 21.8 Å². The highest BCUT2D eigenvalue weighted by molar-refractivity contribution is 7.89. The van der Waals surface area contributed by atoms with Gasteiger partial charge >= 0.3 is 0 Å². The number of sulfonamides is 1. The third kappa shape index (κ3) is 8.73. The smallest absolute Gasteiger partial charge is 0.243 e. The molecule has 1 N–H and O–H groups in total. The molecule has 39 heavy (non-hydrogen) atoms. The number of hydrogen-bond acceptors (Lipinski definition) is 4. The summed E-state index contributed by atoms with van der Waals surface area (Å²) in [6, 6.07) is 22.5. The first kappa shape index (κ1) is 30.0. The predicted molar refractivity (Wildman–Crippen MR) is 150 cm³/mol. The van der Waals surface area contributed by atoms with Crippen LogP contribution in [0.3, 0.4) is 0 Å². The van der Waals surface area contributed by atoms with Gasteiger partial charge in [0.2, 0.25) is 21.8 Å². The van der Waals surface area contributed by atoms with E-state index >= 15 is 0 Å². The van der Waals surface area contributed by atoms with Gasteiger partial charge in [-0.2, -0.15) is 0 Å². The fourth-order valence-corrected chi connectivity index (χ4v) is 5.44. The van der Waals surface area contributed by atoms with Gasteiger partial charge in [0.05, 0.1) is 4.90 Å². The molecule has 0 bridgehead atoms. The van der Waals surface area contributed by atoms with E-state index in [1.165, 1.54) is 40.5 Å². The fourth-order valence-electron chi connectivity index (χ4n) is 4.21. The Hall–Kier alpha value is -3.56. The average Bonchev–Trinajstić information content (AvgIpc) is 2.92. The van der Waals surface area contributed by atoms with Crippen LogP contribution in [0, 0.1) is 5.82 Å². The van der Waals surface area contributed by atoms with E-state index in [1.54, 1.807) is 30.3 Å². The molecule has 0 unspecified atom stereocenters. The molecule has 0 aromatic heterocycles. The first-order valence-electron chi connectivity index (χ1n) is 13.0. The summed E-state index contributed by atoms with van der Waals surface area (Å²) in [6.07, 6.45) is 0.607. The lowest BCUT2D eigenvalue weighted by Crippen LogP contribution is -2.51. The highest BCUT2D eigenvalue weighted by Gasteiger charge is 2.31. The Morgan fingerprint density at radius 3 is 2.05 bits per heavy atom. The highest BCUT2D eigenvalue weighted by Crippen LogP contribution is 2.18. The van der Waals surface area contributed by atoms with Crippen LogP contribution in [0.2, 0.25) is 0 Å². The van der Waals surface area contributed by atoms with Gasteiger partial charge in [-0.3, -0.25) is 9.59 Å². The van der Waals surface area contributed by atoms with Gasteiger partial charge in [0, 0.05) is 39.0 Å². The molecule has 0 radical (unpaired) electrons. The van der Waals surface area contributed by atoms with Crippen molar-refractivity contribution in [2.45, 2.75) is 56.6 Å². The molecule has 9 heteroatoms. The zero-order valence-corrected chi connectivity index (χ0v) is 23.4. The summed E-state index contributed by atoms with van der Waals surface area (Å²) < 4.78 is 40.5. The molecule has 1 atom stereocenters. The minimum absolute atomic E-state index is 0.0378.